The van der Waals surface area contributed by atoms with Crippen molar-refractivity contribution in [1.82, 2.24) is 14.9 Å². The summed E-state index contributed by atoms with van der Waals surface area (Å²) in [5.41, 5.74) is 3.86. The maximum Gasteiger partial charge on any atom is 0.258 e. The number of nitrogens with one attached hydrogen (secondary N) is 1. The topological polar surface area (TPSA) is 68.8 Å². The highest BCUT2D eigenvalue weighted by Crippen LogP contribution is 2.39. The van der Waals surface area contributed by atoms with Crippen molar-refractivity contribution in [3.63, 3.8) is 0 Å². The summed E-state index contributed by atoms with van der Waals surface area (Å²) in [6, 6.07) is 22.3. The molecule has 0 bridgehead atoms. The van der Waals surface area contributed by atoms with Crippen LogP contribution in [0.15, 0.2) is 82.7 Å². The maximum atomic E-state index is 13.7. The number of nitrogens with zero attached hydrogens (tertiary/aromatic N) is 3. The van der Waals surface area contributed by atoms with Gasteiger partial charge in [-0.15, -0.1) is 0 Å². The monoisotopic (exact) mass is 558 g/mol. The van der Waals surface area contributed by atoms with E-state index >= 15 is 0 Å². The van der Waals surface area contributed by atoms with Crippen molar-refractivity contribution in [1.29, 1.82) is 0 Å². The average Bonchev–Trinajstić information content (AvgIpc) is 3.39. The minimum absolute atomic E-state index is 0.0988. The Morgan fingerprint density at radius 2 is 1.67 bits per heavy atom. The number of likely N-dealkylation sites (tertiary alicyclic amines) is 1. The van der Waals surface area contributed by atoms with Gasteiger partial charge < -0.3 is 4.98 Å². The molecule has 1 atom stereocenters. The molecule has 0 saturated carbocycles. The van der Waals surface area contributed by atoms with Crippen LogP contribution in [0.4, 0.5) is 0 Å². The van der Waals surface area contributed by atoms with E-state index in [1.807, 2.05) is 66.7 Å². The number of piperidine rings is 1. The Morgan fingerprint density at radius 3 is 2.44 bits per heavy atom. The summed E-state index contributed by atoms with van der Waals surface area (Å²) in [4.78, 5) is 32.6. The number of aromatic nitrogens is 1. The molecule has 0 spiro atoms. The van der Waals surface area contributed by atoms with Crippen molar-refractivity contribution in [2.45, 2.75) is 31.7 Å². The molecular formula is C31H28Cl2N4O2. The maximum absolute atomic E-state index is 13.7. The molecule has 8 heteroatoms. The molecule has 6 nitrogen and oxygen atoms in total. The quantitative estimate of drug-likeness (QED) is 0.297. The Labute approximate surface area is 236 Å². The third-order valence-electron chi connectivity index (χ3n) is 7.56. The predicted octanol–water partition coefficient (Wildman–Crippen LogP) is 6.67. The van der Waals surface area contributed by atoms with Gasteiger partial charge in [-0.1, -0.05) is 78.2 Å². The van der Waals surface area contributed by atoms with Gasteiger partial charge in [0.2, 0.25) is 0 Å². The van der Waals surface area contributed by atoms with Gasteiger partial charge in [-0.25, -0.2) is 5.01 Å². The number of pyridine rings is 1. The summed E-state index contributed by atoms with van der Waals surface area (Å²) in [5.74, 6) is -0.0988. The molecule has 1 amide bonds. The van der Waals surface area contributed by atoms with E-state index in [2.05, 4.69) is 9.88 Å². The molecule has 1 aromatic heterocycles. The van der Waals surface area contributed by atoms with Crippen molar-refractivity contribution < 1.29 is 4.79 Å². The van der Waals surface area contributed by atoms with Gasteiger partial charge in [0.1, 0.15) is 0 Å². The Balaban J connectivity index is 1.50. The molecule has 0 aliphatic carbocycles. The average molecular weight is 559 g/mol. The number of rotatable bonds is 5. The number of hydrazone groups is 1. The summed E-state index contributed by atoms with van der Waals surface area (Å²) in [5, 5.41) is 8.36. The third-order valence-corrected chi connectivity index (χ3v) is 8.14. The second-order valence-corrected chi connectivity index (χ2v) is 11.0. The fourth-order valence-corrected chi connectivity index (χ4v) is 6.14. The highest BCUT2D eigenvalue weighted by atomic mass is 35.5. The lowest BCUT2D eigenvalue weighted by atomic mass is 9.91. The van der Waals surface area contributed by atoms with Gasteiger partial charge in [-0.2, -0.15) is 5.10 Å². The molecular weight excluding hydrogens is 531 g/mol. The summed E-state index contributed by atoms with van der Waals surface area (Å²) in [6.45, 7) is 2.08. The summed E-state index contributed by atoms with van der Waals surface area (Å²) in [7, 11) is 0. The van der Waals surface area contributed by atoms with Crippen LogP contribution in [0.1, 0.15) is 42.9 Å². The highest BCUT2D eigenvalue weighted by Gasteiger charge is 2.37. The van der Waals surface area contributed by atoms with Crippen LogP contribution in [-0.4, -0.2) is 46.1 Å². The first-order chi connectivity index (χ1) is 19.0. The van der Waals surface area contributed by atoms with Crippen LogP contribution >= 0.6 is 23.2 Å². The van der Waals surface area contributed by atoms with E-state index in [1.54, 1.807) is 11.1 Å². The Bertz CT molecular complexity index is 1630. The standard InChI is InChI=1S/C31H28Cl2N4O2/c32-21-13-14-25-23(17-21)29(20-9-3-1-4-10-20)30(31(39)34-25)26-18-27(22-11-5-6-12-24(22)33)37(35-26)28(38)19-36-15-7-2-8-16-36/h1,3-6,9-14,17,27H,2,7-8,15-16,18-19H2,(H,34,39)/t27-/m0/s1. The number of fused-ring (bicyclic) bond motifs is 1. The van der Waals surface area contributed by atoms with Crippen LogP contribution in [0, 0.1) is 0 Å². The van der Waals surface area contributed by atoms with Crippen molar-refractivity contribution in [3.05, 3.63) is 104 Å². The molecule has 0 radical (unpaired) electrons. The SMILES string of the molecule is O=C(CN1CCCCC1)N1N=C(c2c(-c3ccccc3)c3cc(Cl)ccc3[nH]c2=O)C[C@H]1c1ccccc1Cl. The van der Waals surface area contributed by atoms with Gasteiger partial charge in [-0.05, 0) is 61.3 Å². The second kappa shape index (κ2) is 11.0. The molecule has 1 fully saturated rings. The highest BCUT2D eigenvalue weighted by molar-refractivity contribution is 6.32. The largest absolute Gasteiger partial charge is 0.321 e. The summed E-state index contributed by atoms with van der Waals surface area (Å²) in [6.07, 6.45) is 3.73. The number of halogens is 2. The van der Waals surface area contributed by atoms with Crippen LogP contribution in [0.5, 0.6) is 0 Å². The van der Waals surface area contributed by atoms with Gasteiger partial charge in [0.15, 0.2) is 0 Å². The first-order valence-corrected chi connectivity index (χ1v) is 14.0. The number of hydrogen-bond acceptors (Lipinski definition) is 4. The zero-order valence-corrected chi connectivity index (χ0v) is 22.9. The predicted molar refractivity (Wildman–Crippen MR) is 157 cm³/mol. The van der Waals surface area contributed by atoms with Gasteiger partial charge in [0, 0.05) is 32.9 Å². The fraction of sp³-hybridized carbons (Fsp3) is 0.258. The smallest absolute Gasteiger partial charge is 0.258 e. The molecule has 3 aromatic carbocycles. The summed E-state index contributed by atoms with van der Waals surface area (Å²) < 4.78 is 0. The van der Waals surface area contributed by atoms with Crippen LogP contribution < -0.4 is 5.56 Å². The zero-order chi connectivity index (χ0) is 26.9. The van der Waals surface area contributed by atoms with E-state index in [0.717, 1.165) is 48.0 Å². The third kappa shape index (κ3) is 5.12. The molecule has 198 valence electrons. The van der Waals surface area contributed by atoms with Gasteiger partial charge in [0.05, 0.1) is 23.9 Å². The van der Waals surface area contributed by atoms with E-state index < -0.39 is 6.04 Å². The Kier molecular flexibility index (Phi) is 7.26. The van der Waals surface area contributed by atoms with Gasteiger partial charge in [-0.3, -0.25) is 14.5 Å². The van der Waals surface area contributed by atoms with Crippen molar-refractivity contribution >= 4 is 45.7 Å². The van der Waals surface area contributed by atoms with Crippen LogP contribution in [0.25, 0.3) is 22.0 Å². The van der Waals surface area contributed by atoms with Crippen LogP contribution in [0.2, 0.25) is 10.0 Å². The number of carbonyl (C=O) groups excluding carboxylic acids is 1. The van der Waals surface area contributed by atoms with Crippen molar-refractivity contribution in [2.75, 3.05) is 19.6 Å². The van der Waals surface area contributed by atoms with Gasteiger partial charge in [0.25, 0.3) is 11.5 Å². The van der Waals surface area contributed by atoms with E-state index in [-0.39, 0.29) is 18.0 Å². The zero-order valence-electron chi connectivity index (χ0n) is 21.4. The van der Waals surface area contributed by atoms with E-state index in [1.165, 1.54) is 6.42 Å². The van der Waals surface area contributed by atoms with E-state index in [4.69, 9.17) is 28.3 Å². The molecule has 2 aliphatic heterocycles. The summed E-state index contributed by atoms with van der Waals surface area (Å²) >= 11 is 13.0. The lowest BCUT2D eigenvalue weighted by Gasteiger charge is -2.29. The molecule has 2 aliphatic rings. The molecule has 4 aromatic rings. The minimum Gasteiger partial charge on any atom is -0.321 e. The molecule has 6 rings (SSSR count). The van der Waals surface area contributed by atoms with Crippen LogP contribution in [0.3, 0.4) is 0 Å². The number of carbonyl (C=O) groups is 1. The first-order valence-electron chi connectivity index (χ1n) is 13.3. The Morgan fingerprint density at radius 1 is 0.923 bits per heavy atom. The number of hydrogen-bond donors (Lipinski definition) is 1. The number of benzene rings is 3. The van der Waals surface area contributed by atoms with Gasteiger partial charge >= 0.3 is 0 Å². The van der Waals surface area contributed by atoms with Crippen molar-refractivity contribution in [3.8, 4) is 11.1 Å². The fourth-order valence-electron chi connectivity index (χ4n) is 5.71. The second-order valence-electron chi connectivity index (χ2n) is 10.1. The number of H-pyrrole nitrogens is 1. The van der Waals surface area contributed by atoms with Crippen molar-refractivity contribution in [2.24, 2.45) is 5.10 Å². The molecule has 3 heterocycles. The molecule has 39 heavy (non-hydrogen) atoms. The van der Waals surface area contributed by atoms with E-state index in [0.29, 0.717) is 33.3 Å². The lowest BCUT2D eigenvalue weighted by molar-refractivity contribution is -0.134. The Hall–Kier alpha value is -3.45. The lowest BCUT2D eigenvalue weighted by Crippen LogP contribution is -2.40. The molecule has 1 saturated heterocycles. The van der Waals surface area contributed by atoms with E-state index in [9.17, 15) is 9.59 Å². The van der Waals surface area contributed by atoms with Crippen LogP contribution in [-0.2, 0) is 4.79 Å². The number of aromatic amines is 1. The molecule has 0 unspecified atom stereocenters. The molecule has 1 N–H and O–H groups in total. The normalized spacial score (nSPS) is 17.9. The number of amides is 1. The first kappa shape index (κ1) is 25.8. The minimum atomic E-state index is -0.413.